The molecule has 0 aliphatic carbocycles. The van der Waals surface area contributed by atoms with Gasteiger partial charge in [-0.3, -0.25) is 14.8 Å². The number of amides is 1. The first-order valence-electron chi connectivity index (χ1n) is 3.88. The summed E-state index contributed by atoms with van der Waals surface area (Å²) in [6, 6.07) is 0. The van der Waals surface area contributed by atoms with Gasteiger partial charge in [-0.15, -0.1) is 0 Å². The predicted molar refractivity (Wildman–Crippen MR) is 46.3 cm³/mol. The molecule has 0 aromatic carbocycles. The Morgan fingerprint density at radius 3 is 2.64 bits per heavy atom. The van der Waals surface area contributed by atoms with E-state index in [0.29, 0.717) is 5.69 Å². The number of rotatable bonds is 2. The number of hydrogen-bond acceptors (Lipinski definition) is 4. The lowest BCUT2D eigenvalue weighted by Crippen LogP contribution is -2.30. The van der Waals surface area contributed by atoms with Gasteiger partial charge in [0.15, 0.2) is 0 Å². The molecule has 0 saturated heterocycles. The quantitative estimate of drug-likeness (QED) is 0.620. The topological polar surface area (TPSA) is 92.2 Å². The van der Waals surface area contributed by atoms with E-state index in [2.05, 4.69) is 15.3 Å². The van der Waals surface area contributed by atoms with Gasteiger partial charge in [-0.2, -0.15) is 0 Å². The maximum atomic E-state index is 10.6. The number of carbonyl (C=O) groups excluding carboxylic acids is 1. The van der Waals surface area contributed by atoms with Gasteiger partial charge in [0.1, 0.15) is 0 Å². The second-order valence-electron chi connectivity index (χ2n) is 2.64. The number of nitrogens with zero attached hydrogens (tertiary/aromatic N) is 2. The van der Waals surface area contributed by atoms with E-state index in [9.17, 15) is 9.59 Å². The molecule has 0 atom stereocenters. The molecule has 6 heteroatoms. The molecule has 1 aromatic rings. The number of carboxylic acid groups (broad SMARTS) is 1. The molecule has 0 saturated carbocycles. The number of aryl methyl sites for hydroxylation is 1. The Balaban J connectivity index is 2.50. The maximum absolute atomic E-state index is 10.6. The van der Waals surface area contributed by atoms with Crippen LogP contribution in [0.3, 0.4) is 0 Å². The molecule has 0 unspecified atom stereocenters. The average molecular weight is 195 g/mol. The van der Waals surface area contributed by atoms with Crippen LogP contribution in [0.1, 0.15) is 11.4 Å². The van der Waals surface area contributed by atoms with Gasteiger partial charge in [-0.25, -0.2) is 4.79 Å². The van der Waals surface area contributed by atoms with Crippen LogP contribution in [0.2, 0.25) is 0 Å². The Morgan fingerprint density at radius 1 is 1.43 bits per heavy atom. The zero-order valence-corrected chi connectivity index (χ0v) is 7.52. The summed E-state index contributed by atoms with van der Waals surface area (Å²) in [5.41, 5.74) is 1.28. The molecule has 1 aromatic heterocycles. The first-order valence-corrected chi connectivity index (χ1v) is 3.88. The van der Waals surface area contributed by atoms with Crippen LogP contribution < -0.4 is 5.32 Å². The normalized spacial score (nSPS) is 9.50. The van der Waals surface area contributed by atoms with Gasteiger partial charge >= 0.3 is 11.9 Å². The van der Waals surface area contributed by atoms with Gasteiger partial charge in [-0.05, 0) is 6.92 Å². The third kappa shape index (κ3) is 2.81. The summed E-state index contributed by atoms with van der Waals surface area (Å²) in [7, 11) is 0. The van der Waals surface area contributed by atoms with Crippen LogP contribution in [0.4, 0.5) is 0 Å². The molecule has 6 nitrogen and oxygen atoms in total. The van der Waals surface area contributed by atoms with Crippen molar-refractivity contribution in [3.63, 3.8) is 0 Å². The molecule has 14 heavy (non-hydrogen) atoms. The van der Waals surface area contributed by atoms with Gasteiger partial charge in [0.2, 0.25) is 0 Å². The van der Waals surface area contributed by atoms with E-state index in [1.165, 1.54) is 6.20 Å². The molecule has 1 amide bonds. The van der Waals surface area contributed by atoms with E-state index in [-0.39, 0.29) is 6.54 Å². The minimum atomic E-state index is -1.51. The van der Waals surface area contributed by atoms with Crippen LogP contribution in [0.15, 0.2) is 12.4 Å². The number of aliphatic carboxylic acids is 1. The molecule has 0 fully saturated rings. The number of carboxylic acids is 1. The molecular weight excluding hydrogens is 186 g/mol. The predicted octanol–water partition coefficient (Wildman–Crippen LogP) is -0.514. The lowest BCUT2D eigenvalue weighted by Gasteiger charge is -2.00. The van der Waals surface area contributed by atoms with Crippen molar-refractivity contribution < 1.29 is 14.7 Å². The Kier molecular flexibility index (Phi) is 3.11. The highest BCUT2D eigenvalue weighted by Gasteiger charge is 2.09. The third-order valence-corrected chi connectivity index (χ3v) is 1.46. The summed E-state index contributed by atoms with van der Waals surface area (Å²) in [6.07, 6.45) is 3.03. The van der Waals surface area contributed by atoms with Crippen molar-refractivity contribution in [2.75, 3.05) is 0 Å². The number of carbonyl (C=O) groups is 2. The number of aromatic nitrogens is 2. The third-order valence-electron chi connectivity index (χ3n) is 1.46. The summed E-state index contributed by atoms with van der Waals surface area (Å²) in [5, 5.41) is 10.4. The van der Waals surface area contributed by atoms with E-state index >= 15 is 0 Å². The van der Waals surface area contributed by atoms with E-state index in [1.54, 1.807) is 13.1 Å². The van der Waals surface area contributed by atoms with Crippen molar-refractivity contribution in [2.45, 2.75) is 13.5 Å². The molecule has 0 radical (unpaired) electrons. The van der Waals surface area contributed by atoms with Crippen LogP contribution in [-0.4, -0.2) is 27.0 Å². The van der Waals surface area contributed by atoms with E-state index in [0.717, 1.165) is 5.69 Å². The van der Waals surface area contributed by atoms with Crippen LogP contribution in [0.5, 0.6) is 0 Å². The Bertz CT molecular complexity index is 347. The van der Waals surface area contributed by atoms with Gasteiger partial charge < -0.3 is 10.4 Å². The molecule has 1 heterocycles. The molecular formula is C8H9N3O3. The standard InChI is InChI=1S/C8H9N3O3/c1-5-2-10-6(3-9-5)4-11-7(12)8(13)14/h2-3H,4H2,1H3,(H,11,12)(H,13,14). The highest BCUT2D eigenvalue weighted by Crippen LogP contribution is 1.92. The van der Waals surface area contributed by atoms with Crippen molar-refractivity contribution in [3.8, 4) is 0 Å². The van der Waals surface area contributed by atoms with Crippen molar-refractivity contribution in [3.05, 3.63) is 23.8 Å². The number of nitrogens with one attached hydrogen (secondary N) is 1. The minimum Gasteiger partial charge on any atom is -0.474 e. The fourth-order valence-corrected chi connectivity index (χ4v) is 0.757. The fourth-order valence-electron chi connectivity index (χ4n) is 0.757. The molecule has 0 aliphatic rings. The minimum absolute atomic E-state index is 0.0679. The summed E-state index contributed by atoms with van der Waals surface area (Å²) >= 11 is 0. The first kappa shape index (κ1) is 10.1. The van der Waals surface area contributed by atoms with Crippen LogP contribution in [-0.2, 0) is 16.1 Å². The summed E-state index contributed by atoms with van der Waals surface area (Å²) in [6.45, 7) is 1.85. The second kappa shape index (κ2) is 4.31. The smallest absolute Gasteiger partial charge is 0.394 e. The van der Waals surface area contributed by atoms with E-state index in [1.807, 2.05) is 0 Å². The largest absolute Gasteiger partial charge is 0.474 e. The van der Waals surface area contributed by atoms with Crippen LogP contribution >= 0.6 is 0 Å². The zero-order chi connectivity index (χ0) is 10.6. The van der Waals surface area contributed by atoms with Gasteiger partial charge in [0.25, 0.3) is 0 Å². The van der Waals surface area contributed by atoms with Gasteiger partial charge in [0.05, 0.1) is 24.1 Å². The van der Waals surface area contributed by atoms with Crippen molar-refractivity contribution >= 4 is 11.9 Å². The lowest BCUT2D eigenvalue weighted by atomic mass is 10.4. The summed E-state index contributed by atoms with van der Waals surface area (Å²) in [5.74, 6) is -2.56. The van der Waals surface area contributed by atoms with E-state index in [4.69, 9.17) is 5.11 Å². The highest BCUT2D eigenvalue weighted by atomic mass is 16.4. The Morgan fingerprint density at radius 2 is 2.14 bits per heavy atom. The molecule has 2 N–H and O–H groups in total. The lowest BCUT2D eigenvalue weighted by molar-refractivity contribution is -0.150. The highest BCUT2D eigenvalue weighted by molar-refractivity contribution is 6.31. The van der Waals surface area contributed by atoms with Crippen molar-refractivity contribution in [2.24, 2.45) is 0 Å². The van der Waals surface area contributed by atoms with Crippen molar-refractivity contribution in [1.29, 1.82) is 0 Å². The monoisotopic (exact) mass is 195 g/mol. The zero-order valence-electron chi connectivity index (χ0n) is 7.52. The van der Waals surface area contributed by atoms with Crippen molar-refractivity contribution in [1.82, 2.24) is 15.3 Å². The molecule has 0 bridgehead atoms. The van der Waals surface area contributed by atoms with Crippen LogP contribution in [0, 0.1) is 6.92 Å². The average Bonchev–Trinajstić information content (AvgIpc) is 2.16. The molecule has 74 valence electrons. The Labute approximate surface area is 80.0 Å². The molecule has 0 aliphatic heterocycles. The summed E-state index contributed by atoms with van der Waals surface area (Å²) in [4.78, 5) is 28.6. The first-order chi connectivity index (χ1) is 6.59. The SMILES string of the molecule is Cc1cnc(CNC(=O)C(=O)O)cn1. The fraction of sp³-hybridized carbons (Fsp3) is 0.250. The second-order valence-corrected chi connectivity index (χ2v) is 2.64. The van der Waals surface area contributed by atoms with Gasteiger partial charge in [-0.1, -0.05) is 0 Å². The van der Waals surface area contributed by atoms with E-state index < -0.39 is 11.9 Å². The number of hydrogen-bond donors (Lipinski definition) is 2. The maximum Gasteiger partial charge on any atom is 0.394 e. The Hall–Kier alpha value is -1.98. The molecule has 1 rings (SSSR count). The molecule has 0 spiro atoms. The summed E-state index contributed by atoms with van der Waals surface area (Å²) < 4.78 is 0. The van der Waals surface area contributed by atoms with Gasteiger partial charge in [0, 0.05) is 6.20 Å². The van der Waals surface area contributed by atoms with Crippen LogP contribution in [0.25, 0.3) is 0 Å².